The topological polar surface area (TPSA) is 78.4 Å². The monoisotopic (exact) mass is 338 g/mol. The van der Waals surface area contributed by atoms with Crippen LogP contribution in [0, 0.1) is 0 Å². The summed E-state index contributed by atoms with van der Waals surface area (Å²) in [6.07, 6.45) is 0. The number of anilines is 1. The Hall–Kier alpha value is -1.01. The first-order valence-corrected chi connectivity index (χ1v) is 6.69. The standard InChI is InChI=1S/C12H13Cl3N2O3/c1-12(2,11(19)20)16-5-9(18)17-10-7(14)3-6(13)4-8(10)15/h3-4,16H,5H2,1-2H3,(H,17,18)(H,19,20). The van der Waals surface area contributed by atoms with Gasteiger partial charge in [-0.3, -0.25) is 14.9 Å². The summed E-state index contributed by atoms with van der Waals surface area (Å²) >= 11 is 17.6. The van der Waals surface area contributed by atoms with E-state index < -0.39 is 17.4 Å². The van der Waals surface area contributed by atoms with Crippen LogP contribution in [0.15, 0.2) is 12.1 Å². The van der Waals surface area contributed by atoms with Crippen molar-refractivity contribution in [2.75, 3.05) is 11.9 Å². The fourth-order valence-corrected chi connectivity index (χ4v) is 2.13. The molecule has 1 amide bonds. The van der Waals surface area contributed by atoms with E-state index in [1.807, 2.05) is 0 Å². The molecule has 0 aliphatic carbocycles. The van der Waals surface area contributed by atoms with E-state index >= 15 is 0 Å². The second-order valence-electron chi connectivity index (χ2n) is 4.58. The highest BCUT2D eigenvalue weighted by molar-refractivity contribution is 6.42. The van der Waals surface area contributed by atoms with Gasteiger partial charge in [-0.05, 0) is 26.0 Å². The van der Waals surface area contributed by atoms with E-state index in [4.69, 9.17) is 39.9 Å². The van der Waals surface area contributed by atoms with E-state index in [0.29, 0.717) is 5.02 Å². The molecule has 1 aromatic carbocycles. The first kappa shape index (κ1) is 17.0. The second-order valence-corrected chi connectivity index (χ2v) is 5.83. The lowest BCUT2D eigenvalue weighted by molar-refractivity contribution is -0.143. The van der Waals surface area contributed by atoms with Gasteiger partial charge >= 0.3 is 5.97 Å². The zero-order chi connectivity index (χ0) is 15.5. The van der Waals surface area contributed by atoms with Crippen LogP contribution in [0.4, 0.5) is 5.69 Å². The quantitative estimate of drug-likeness (QED) is 0.770. The molecule has 0 fully saturated rings. The largest absolute Gasteiger partial charge is 0.480 e. The summed E-state index contributed by atoms with van der Waals surface area (Å²) in [5.41, 5.74) is -0.983. The van der Waals surface area contributed by atoms with Gasteiger partial charge in [-0.25, -0.2) is 0 Å². The zero-order valence-corrected chi connectivity index (χ0v) is 13.0. The Morgan fingerprint density at radius 2 is 1.70 bits per heavy atom. The number of halogens is 3. The normalized spacial score (nSPS) is 11.2. The molecule has 0 aliphatic heterocycles. The number of amides is 1. The van der Waals surface area contributed by atoms with Gasteiger partial charge in [-0.15, -0.1) is 0 Å². The van der Waals surface area contributed by atoms with Crippen molar-refractivity contribution < 1.29 is 14.7 Å². The minimum Gasteiger partial charge on any atom is -0.480 e. The Kier molecular flexibility index (Phi) is 5.65. The van der Waals surface area contributed by atoms with E-state index in [1.54, 1.807) is 0 Å². The summed E-state index contributed by atoms with van der Waals surface area (Å²) in [5, 5.41) is 14.8. The third-order valence-electron chi connectivity index (χ3n) is 2.50. The minimum atomic E-state index is -1.22. The van der Waals surface area contributed by atoms with Crippen molar-refractivity contribution in [2.24, 2.45) is 0 Å². The summed E-state index contributed by atoms with van der Waals surface area (Å²) in [6.45, 7) is 2.70. The molecule has 8 heteroatoms. The fraction of sp³-hybridized carbons (Fsp3) is 0.333. The number of carboxylic acid groups (broad SMARTS) is 1. The molecule has 0 aliphatic rings. The summed E-state index contributed by atoms with van der Waals surface area (Å²) in [6, 6.07) is 2.89. The van der Waals surface area contributed by atoms with Crippen molar-refractivity contribution in [2.45, 2.75) is 19.4 Å². The number of nitrogens with one attached hydrogen (secondary N) is 2. The van der Waals surface area contributed by atoms with Crippen molar-refractivity contribution in [3.63, 3.8) is 0 Å². The Bertz CT molecular complexity index is 524. The highest BCUT2D eigenvalue weighted by Gasteiger charge is 2.27. The molecule has 0 spiro atoms. The summed E-state index contributed by atoms with van der Waals surface area (Å²) in [5.74, 6) is -1.53. The van der Waals surface area contributed by atoms with Gasteiger partial charge in [0.1, 0.15) is 5.54 Å². The van der Waals surface area contributed by atoms with Crippen molar-refractivity contribution in [3.8, 4) is 0 Å². The predicted octanol–water partition coefficient (Wildman–Crippen LogP) is 3.04. The van der Waals surface area contributed by atoms with Crippen LogP contribution >= 0.6 is 34.8 Å². The number of rotatable bonds is 5. The van der Waals surface area contributed by atoms with E-state index in [-0.39, 0.29) is 22.3 Å². The van der Waals surface area contributed by atoms with Crippen molar-refractivity contribution in [3.05, 3.63) is 27.2 Å². The molecule has 1 rings (SSSR count). The molecule has 0 aromatic heterocycles. The third kappa shape index (κ3) is 4.52. The number of aliphatic carboxylic acids is 1. The Morgan fingerprint density at radius 3 is 2.15 bits per heavy atom. The van der Waals surface area contributed by atoms with Crippen LogP contribution < -0.4 is 10.6 Å². The van der Waals surface area contributed by atoms with E-state index in [1.165, 1.54) is 26.0 Å². The molecule has 0 unspecified atom stereocenters. The summed E-state index contributed by atoms with van der Waals surface area (Å²) < 4.78 is 0. The zero-order valence-electron chi connectivity index (χ0n) is 10.8. The van der Waals surface area contributed by atoms with Gasteiger partial charge < -0.3 is 10.4 Å². The average Bonchev–Trinajstić information content (AvgIpc) is 2.31. The molecule has 20 heavy (non-hydrogen) atoms. The van der Waals surface area contributed by atoms with Crippen molar-refractivity contribution in [1.29, 1.82) is 0 Å². The first-order valence-electron chi connectivity index (χ1n) is 5.56. The minimum absolute atomic E-state index is 0.200. The Labute approximate surface area is 131 Å². The van der Waals surface area contributed by atoms with Crippen LogP contribution in [0.2, 0.25) is 15.1 Å². The molecule has 0 bridgehead atoms. The van der Waals surface area contributed by atoms with E-state index in [9.17, 15) is 9.59 Å². The molecule has 0 radical (unpaired) electrons. The highest BCUT2D eigenvalue weighted by Crippen LogP contribution is 2.33. The molecule has 110 valence electrons. The molecule has 5 nitrogen and oxygen atoms in total. The van der Waals surface area contributed by atoms with Crippen LogP contribution in [-0.2, 0) is 9.59 Å². The van der Waals surface area contributed by atoms with Gasteiger partial charge in [0.2, 0.25) is 5.91 Å². The summed E-state index contributed by atoms with van der Waals surface area (Å²) in [4.78, 5) is 22.6. The van der Waals surface area contributed by atoms with Gasteiger partial charge in [0, 0.05) is 5.02 Å². The van der Waals surface area contributed by atoms with Crippen molar-refractivity contribution >= 4 is 52.4 Å². The van der Waals surface area contributed by atoms with E-state index in [0.717, 1.165) is 0 Å². The molecule has 0 saturated heterocycles. The molecular formula is C12H13Cl3N2O3. The second kappa shape index (κ2) is 6.63. The lowest BCUT2D eigenvalue weighted by Gasteiger charge is -2.20. The van der Waals surface area contributed by atoms with Gasteiger partial charge in [-0.2, -0.15) is 0 Å². The molecule has 3 N–H and O–H groups in total. The first-order chi connectivity index (χ1) is 9.13. The maximum absolute atomic E-state index is 11.8. The lowest BCUT2D eigenvalue weighted by Crippen LogP contribution is -2.49. The van der Waals surface area contributed by atoms with Crippen molar-refractivity contribution in [1.82, 2.24) is 5.32 Å². The number of hydrogen-bond acceptors (Lipinski definition) is 3. The van der Waals surface area contributed by atoms with Crippen LogP contribution in [0.25, 0.3) is 0 Å². The maximum Gasteiger partial charge on any atom is 0.323 e. The predicted molar refractivity (Wildman–Crippen MR) is 79.8 cm³/mol. The van der Waals surface area contributed by atoms with E-state index in [2.05, 4.69) is 10.6 Å². The van der Waals surface area contributed by atoms with Gasteiger partial charge in [0.05, 0.1) is 22.3 Å². The molecule has 1 aromatic rings. The fourth-order valence-electron chi connectivity index (χ4n) is 1.22. The Balaban J connectivity index is 2.71. The highest BCUT2D eigenvalue weighted by atomic mass is 35.5. The van der Waals surface area contributed by atoms with Gasteiger partial charge in [-0.1, -0.05) is 34.8 Å². The average molecular weight is 340 g/mol. The molecular weight excluding hydrogens is 327 g/mol. The van der Waals surface area contributed by atoms with Crippen LogP contribution in [0.5, 0.6) is 0 Å². The number of carboxylic acids is 1. The molecule has 0 heterocycles. The smallest absolute Gasteiger partial charge is 0.323 e. The number of carbonyl (C=O) groups excluding carboxylic acids is 1. The Morgan fingerprint density at radius 1 is 1.20 bits per heavy atom. The molecule has 0 saturated carbocycles. The van der Waals surface area contributed by atoms with Crippen LogP contribution in [0.1, 0.15) is 13.8 Å². The van der Waals surface area contributed by atoms with Crippen LogP contribution in [-0.4, -0.2) is 29.1 Å². The SMILES string of the molecule is CC(C)(NCC(=O)Nc1c(Cl)cc(Cl)cc1Cl)C(=O)O. The number of benzene rings is 1. The van der Waals surface area contributed by atoms with Crippen LogP contribution in [0.3, 0.4) is 0 Å². The third-order valence-corrected chi connectivity index (χ3v) is 3.31. The molecule has 0 atom stereocenters. The lowest BCUT2D eigenvalue weighted by atomic mass is 10.1. The number of carbonyl (C=O) groups is 2. The maximum atomic E-state index is 11.8. The van der Waals surface area contributed by atoms with Gasteiger partial charge in [0.25, 0.3) is 0 Å². The number of hydrogen-bond donors (Lipinski definition) is 3. The summed E-state index contributed by atoms with van der Waals surface area (Å²) in [7, 11) is 0. The van der Waals surface area contributed by atoms with Gasteiger partial charge in [0.15, 0.2) is 0 Å².